The van der Waals surface area contributed by atoms with Crippen molar-refractivity contribution in [2.75, 3.05) is 24.7 Å². The van der Waals surface area contributed by atoms with E-state index < -0.39 is 77.4 Å². The summed E-state index contributed by atoms with van der Waals surface area (Å²) in [7, 11) is -9.81. The van der Waals surface area contributed by atoms with E-state index in [2.05, 4.69) is 24.9 Å². The monoisotopic (exact) mass is 657 g/mol. The smallest absolute Gasteiger partial charge is 0.397 e. The van der Waals surface area contributed by atoms with Crippen molar-refractivity contribution in [3.63, 3.8) is 0 Å². The maximum atomic E-state index is 13.1. The first-order valence-electron chi connectivity index (χ1n) is 13.0. The highest BCUT2D eigenvalue weighted by molar-refractivity contribution is 7.47. The van der Waals surface area contributed by atoms with E-state index in [1.807, 2.05) is 0 Å². The van der Waals surface area contributed by atoms with Gasteiger partial charge in [0.2, 0.25) is 5.95 Å². The number of nitrogens with two attached hydrogens (primary N) is 2. The number of pyridine rings is 1. The van der Waals surface area contributed by atoms with E-state index in [1.165, 1.54) is 34.1 Å². The van der Waals surface area contributed by atoms with E-state index in [0.29, 0.717) is 11.2 Å². The fourth-order valence-corrected chi connectivity index (χ4v) is 7.24. The normalized spacial score (nSPS) is 36.6. The highest BCUT2D eigenvalue weighted by Crippen LogP contribution is 2.53. The molecule has 9 atom stereocenters. The van der Waals surface area contributed by atoms with Gasteiger partial charge in [-0.2, -0.15) is 4.98 Å². The largest absolute Gasteiger partial charge is 0.472 e. The number of nitrogens with one attached hydrogen (secondary N) is 1. The molecule has 7 heterocycles. The summed E-state index contributed by atoms with van der Waals surface area (Å²) in [5.74, 6) is -0.220. The fraction of sp³-hybridized carbons (Fsp3) is 0.476. The van der Waals surface area contributed by atoms with Crippen LogP contribution in [0.4, 0.5) is 11.6 Å². The molecule has 4 aromatic heterocycles. The van der Waals surface area contributed by atoms with Crippen LogP contribution < -0.4 is 17.0 Å². The molecule has 4 bridgehead atoms. The van der Waals surface area contributed by atoms with Crippen LogP contribution in [0.3, 0.4) is 0 Å². The molecule has 0 amide bonds. The predicted molar refractivity (Wildman–Crippen MR) is 144 cm³/mol. The summed E-state index contributed by atoms with van der Waals surface area (Å²) >= 11 is 0. The minimum absolute atomic E-state index is 0.0164. The Hall–Kier alpha value is -3.33. The number of hydrogen-bond donors (Lipinski definition) is 6. The fourth-order valence-electron chi connectivity index (χ4n) is 5.36. The van der Waals surface area contributed by atoms with Gasteiger partial charge in [-0.05, 0) is 6.07 Å². The number of nitrogens with zero attached hydrogens (tertiary/aromatic N) is 6. The zero-order chi connectivity index (χ0) is 31.0. The summed E-state index contributed by atoms with van der Waals surface area (Å²) in [5.41, 5.74) is 11.7. The standard InChI is InChI=1S/C21H25N9O12P2/c22-9-1-2-24-16-12(9)25-6-29(16)20-15-14(31)11(40-20)5-38-43(33,34)41-10-3-8(4-37-44(35,36)42-15)39-19(10)30-7-26-13-17(30)27-21(23)28-18(13)32/h1-2,6-8,10-11,14-15,19-20,31H,3-5H2,(H2,22,24)(H,33,34)(H,35,36)(H3,23,27,28,32)/t8-,10+,11+,14+,15+,19+,20+/m0/s1. The number of ether oxygens (including phenoxy) is 2. The second kappa shape index (κ2) is 10.6. The van der Waals surface area contributed by atoms with Crippen molar-refractivity contribution < 1.29 is 51.6 Å². The third-order valence-electron chi connectivity index (χ3n) is 7.30. The lowest BCUT2D eigenvalue weighted by Gasteiger charge is -2.24. The second-order valence-electron chi connectivity index (χ2n) is 10.2. The SMILES string of the molecule is Nc1nc2c(ncn2[C@@H]2O[C@@H]3COP(=O)(O)O[C@@H]4[C@H](O)[C@@H](COP(=O)(O)O[C@@H]2C3)O[C@H]4n2cnc3c(N)ccnc32)c(=O)[nH]1. The van der Waals surface area contributed by atoms with Gasteiger partial charge in [-0.25, -0.2) is 24.1 Å². The van der Waals surface area contributed by atoms with Gasteiger partial charge in [0.05, 0.1) is 37.7 Å². The third kappa shape index (κ3) is 5.21. The van der Waals surface area contributed by atoms with Crippen LogP contribution in [0, 0.1) is 0 Å². The van der Waals surface area contributed by atoms with Crippen LogP contribution in [-0.4, -0.2) is 92.7 Å². The van der Waals surface area contributed by atoms with Crippen LogP contribution in [0.15, 0.2) is 29.7 Å². The van der Waals surface area contributed by atoms with Crippen molar-refractivity contribution in [1.29, 1.82) is 0 Å². The molecule has 3 fully saturated rings. The van der Waals surface area contributed by atoms with Gasteiger partial charge < -0.3 is 35.8 Å². The van der Waals surface area contributed by atoms with Crippen molar-refractivity contribution in [2.24, 2.45) is 0 Å². The predicted octanol–water partition coefficient (Wildman–Crippen LogP) is -0.707. The maximum absolute atomic E-state index is 13.1. The molecule has 21 nitrogen and oxygen atoms in total. The lowest BCUT2D eigenvalue weighted by molar-refractivity contribution is -0.0673. The van der Waals surface area contributed by atoms with E-state index in [9.17, 15) is 28.8 Å². The molecular formula is C21H25N9O12P2. The number of nitrogen functional groups attached to an aromatic ring is 2. The van der Waals surface area contributed by atoms with E-state index in [1.54, 1.807) is 0 Å². The number of fused-ring (bicyclic) bond motifs is 6. The summed E-state index contributed by atoms with van der Waals surface area (Å²) < 4.78 is 61.9. The molecular weight excluding hydrogens is 632 g/mol. The van der Waals surface area contributed by atoms with Gasteiger partial charge in [-0.15, -0.1) is 0 Å². The average Bonchev–Trinajstić information content (AvgIpc) is 3.72. The van der Waals surface area contributed by atoms with Gasteiger partial charge in [0.1, 0.15) is 29.9 Å². The van der Waals surface area contributed by atoms with Crippen molar-refractivity contribution >= 4 is 49.6 Å². The number of phosphoric ester groups is 2. The Morgan fingerprint density at radius 2 is 1.61 bits per heavy atom. The Bertz CT molecular complexity index is 1900. The quantitative estimate of drug-likeness (QED) is 0.145. The van der Waals surface area contributed by atoms with Crippen molar-refractivity contribution in [3.8, 4) is 0 Å². The van der Waals surface area contributed by atoms with Gasteiger partial charge >= 0.3 is 15.6 Å². The van der Waals surface area contributed by atoms with Crippen LogP contribution in [0.1, 0.15) is 18.9 Å². The number of phosphoric acid groups is 2. The summed E-state index contributed by atoms with van der Waals surface area (Å²) in [4.78, 5) is 52.4. The highest BCUT2D eigenvalue weighted by atomic mass is 31.2. The molecule has 3 aliphatic heterocycles. The number of H-pyrrole nitrogens is 1. The van der Waals surface area contributed by atoms with Gasteiger partial charge in [0.15, 0.2) is 29.3 Å². The topological polar surface area (TPSA) is 297 Å². The second-order valence-corrected chi connectivity index (χ2v) is 13.0. The van der Waals surface area contributed by atoms with Crippen LogP contribution in [0.2, 0.25) is 0 Å². The molecule has 23 heteroatoms. The molecule has 3 saturated heterocycles. The molecule has 0 aromatic carbocycles. The molecule has 7 rings (SSSR count). The molecule has 236 valence electrons. The Balaban J connectivity index is 1.20. The lowest BCUT2D eigenvalue weighted by Crippen LogP contribution is -2.35. The van der Waals surface area contributed by atoms with Crippen molar-refractivity contribution in [1.82, 2.24) is 34.1 Å². The van der Waals surface area contributed by atoms with Crippen LogP contribution in [0.5, 0.6) is 0 Å². The summed E-state index contributed by atoms with van der Waals surface area (Å²) in [6.07, 6.45) is -5.66. The lowest BCUT2D eigenvalue weighted by atomic mass is 10.1. The number of hydrogen-bond acceptors (Lipinski definition) is 16. The van der Waals surface area contributed by atoms with E-state index in [0.717, 1.165) is 0 Å². The Labute approximate surface area is 244 Å². The summed E-state index contributed by atoms with van der Waals surface area (Å²) in [6, 6.07) is 1.52. The van der Waals surface area contributed by atoms with E-state index in [-0.39, 0.29) is 29.2 Å². The highest BCUT2D eigenvalue weighted by Gasteiger charge is 2.51. The van der Waals surface area contributed by atoms with Crippen LogP contribution >= 0.6 is 15.6 Å². The zero-order valence-electron chi connectivity index (χ0n) is 22.2. The van der Waals surface area contributed by atoms with Gasteiger partial charge in [-0.3, -0.25) is 37.0 Å². The number of aromatic amines is 1. The Morgan fingerprint density at radius 3 is 2.41 bits per heavy atom. The van der Waals surface area contributed by atoms with Gasteiger partial charge in [0.25, 0.3) is 5.56 Å². The molecule has 8 N–H and O–H groups in total. The number of imidazole rings is 2. The molecule has 0 radical (unpaired) electrons. The minimum Gasteiger partial charge on any atom is -0.397 e. The Kier molecular flexibility index (Phi) is 7.11. The minimum atomic E-state index is -4.92. The Morgan fingerprint density at radius 1 is 0.909 bits per heavy atom. The summed E-state index contributed by atoms with van der Waals surface area (Å²) in [5, 5.41) is 11.1. The number of rotatable bonds is 2. The first-order chi connectivity index (χ1) is 20.9. The molecule has 0 spiro atoms. The van der Waals surface area contributed by atoms with E-state index >= 15 is 0 Å². The molecule has 0 aliphatic carbocycles. The zero-order valence-corrected chi connectivity index (χ0v) is 24.0. The van der Waals surface area contributed by atoms with Gasteiger partial charge in [-0.1, -0.05) is 0 Å². The van der Waals surface area contributed by atoms with Gasteiger partial charge in [0, 0.05) is 12.6 Å². The molecule has 44 heavy (non-hydrogen) atoms. The maximum Gasteiger partial charge on any atom is 0.472 e. The average molecular weight is 657 g/mol. The third-order valence-corrected chi connectivity index (χ3v) is 9.30. The molecule has 2 unspecified atom stereocenters. The van der Waals surface area contributed by atoms with E-state index in [4.69, 9.17) is 39.0 Å². The first-order valence-corrected chi connectivity index (χ1v) is 16.0. The molecule has 0 saturated carbocycles. The van der Waals surface area contributed by atoms with Crippen LogP contribution in [0.25, 0.3) is 22.3 Å². The number of anilines is 2. The summed E-state index contributed by atoms with van der Waals surface area (Å²) in [6.45, 7) is -1.28. The first kappa shape index (κ1) is 29.4. The van der Waals surface area contributed by atoms with Crippen molar-refractivity contribution in [3.05, 3.63) is 35.3 Å². The number of aliphatic hydroxyl groups is 1. The van der Waals surface area contributed by atoms with Crippen LogP contribution in [-0.2, 0) is 36.7 Å². The number of aliphatic hydroxyl groups excluding tert-OH is 1. The number of aromatic nitrogens is 7. The molecule has 3 aliphatic rings. The molecule has 4 aromatic rings. The van der Waals surface area contributed by atoms with Crippen molar-refractivity contribution in [2.45, 2.75) is 49.4 Å².